The number of aliphatic hydroxyl groups is 1. The number of hydrogen-bond donors (Lipinski definition) is 2. The quantitative estimate of drug-likeness (QED) is 0.840. The van der Waals surface area contributed by atoms with E-state index in [2.05, 4.69) is 10.3 Å². The third kappa shape index (κ3) is 3.27. The lowest BCUT2D eigenvalue weighted by Crippen LogP contribution is -2.27. The first-order valence-electron chi connectivity index (χ1n) is 6.21. The van der Waals surface area contributed by atoms with Gasteiger partial charge in [0.15, 0.2) is 0 Å². The minimum atomic E-state index is -0.352. The van der Waals surface area contributed by atoms with Crippen LogP contribution in [-0.2, 0) is 16.0 Å². The first-order chi connectivity index (χ1) is 8.69. The third-order valence-corrected chi connectivity index (χ3v) is 2.98. The van der Waals surface area contributed by atoms with Crippen molar-refractivity contribution in [2.75, 3.05) is 11.9 Å². The monoisotopic (exact) mass is 250 g/mol. The van der Waals surface area contributed by atoms with E-state index in [1.807, 2.05) is 6.92 Å². The molecule has 0 saturated carbocycles. The van der Waals surface area contributed by atoms with E-state index in [4.69, 9.17) is 9.84 Å². The fourth-order valence-electron chi connectivity index (χ4n) is 2.03. The van der Waals surface area contributed by atoms with E-state index in [9.17, 15) is 4.79 Å². The topological polar surface area (TPSA) is 71.5 Å². The Morgan fingerprint density at radius 2 is 2.44 bits per heavy atom. The summed E-state index contributed by atoms with van der Waals surface area (Å²) in [5, 5.41) is 11.7. The zero-order valence-electron chi connectivity index (χ0n) is 10.4. The molecule has 2 heterocycles. The molecule has 2 atom stereocenters. The van der Waals surface area contributed by atoms with Crippen molar-refractivity contribution in [3.05, 3.63) is 24.0 Å². The van der Waals surface area contributed by atoms with Gasteiger partial charge in [0.1, 0.15) is 6.10 Å². The van der Waals surface area contributed by atoms with Gasteiger partial charge in [-0.3, -0.25) is 9.78 Å². The molecular formula is C13H18N2O3. The molecule has 0 aromatic carbocycles. The summed E-state index contributed by atoms with van der Waals surface area (Å²) in [5.74, 6) is -0.111. The largest absolute Gasteiger partial charge is 0.396 e. The van der Waals surface area contributed by atoms with E-state index in [1.54, 1.807) is 18.3 Å². The second kappa shape index (κ2) is 5.93. The zero-order valence-corrected chi connectivity index (χ0v) is 10.4. The van der Waals surface area contributed by atoms with Crippen LogP contribution in [0.1, 0.15) is 25.5 Å². The number of pyridine rings is 1. The Hall–Kier alpha value is -1.46. The molecule has 0 spiro atoms. The molecule has 2 rings (SSSR count). The van der Waals surface area contributed by atoms with Gasteiger partial charge in [0.25, 0.3) is 5.91 Å². The highest BCUT2D eigenvalue weighted by Crippen LogP contribution is 2.20. The fraction of sp³-hybridized carbons (Fsp3) is 0.538. The standard InChI is InChI=1S/C13H18N2O3/c1-9-2-3-12(18-9)13(17)15-11-4-6-14-10(8-11)5-7-16/h4,6,8-9,12,16H,2-3,5,7H2,1H3,(H,14,15,17)/t9?,12-/m1/s1. The normalized spacial score (nSPS) is 23.0. The molecule has 0 radical (unpaired) electrons. The minimum Gasteiger partial charge on any atom is -0.396 e. The van der Waals surface area contributed by atoms with Crippen LogP contribution in [0.4, 0.5) is 5.69 Å². The molecule has 1 fully saturated rings. The van der Waals surface area contributed by atoms with Crippen LogP contribution in [-0.4, -0.2) is 34.8 Å². The highest BCUT2D eigenvalue weighted by Gasteiger charge is 2.28. The number of aromatic nitrogens is 1. The molecule has 98 valence electrons. The summed E-state index contributed by atoms with van der Waals surface area (Å²) >= 11 is 0. The summed E-state index contributed by atoms with van der Waals surface area (Å²) in [6.07, 6.45) is 3.60. The average molecular weight is 250 g/mol. The highest BCUT2D eigenvalue weighted by molar-refractivity contribution is 5.94. The molecule has 1 aromatic rings. The number of hydrogen-bond acceptors (Lipinski definition) is 4. The number of ether oxygens (including phenoxy) is 1. The molecule has 1 unspecified atom stereocenters. The number of rotatable bonds is 4. The van der Waals surface area contributed by atoms with Crippen LogP contribution >= 0.6 is 0 Å². The number of aliphatic hydroxyl groups excluding tert-OH is 1. The second-order valence-corrected chi connectivity index (χ2v) is 4.51. The minimum absolute atomic E-state index is 0.0493. The molecule has 5 heteroatoms. The van der Waals surface area contributed by atoms with E-state index in [-0.39, 0.29) is 24.7 Å². The Morgan fingerprint density at radius 3 is 3.11 bits per heavy atom. The lowest BCUT2D eigenvalue weighted by Gasteiger charge is -2.12. The molecule has 0 bridgehead atoms. The van der Waals surface area contributed by atoms with Gasteiger partial charge in [-0.2, -0.15) is 0 Å². The van der Waals surface area contributed by atoms with Gasteiger partial charge in [0, 0.05) is 30.6 Å². The number of anilines is 1. The Morgan fingerprint density at radius 1 is 1.61 bits per heavy atom. The smallest absolute Gasteiger partial charge is 0.253 e. The molecule has 1 saturated heterocycles. The molecular weight excluding hydrogens is 232 g/mol. The van der Waals surface area contributed by atoms with Crippen LogP contribution in [0.25, 0.3) is 0 Å². The van der Waals surface area contributed by atoms with Crippen LogP contribution in [0.5, 0.6) is 0 Å². The van der Waals surface area contributed by atoms with Crippen molar-refractivity contribution in [1.29, 1.82) is 0 Å². The highest BCUT2D eigenvalue weighted by atomic mass is 16.5. The predicted octanol–water partition coefficient (Wildman–Crippen LogP) is 1.12. The molecule has 18 heavy (non-hydrogen) atoms. The maximum absolute atomic E-state index is 11.9. The summed E-state index contributed by atoms with van der Waals surface area (Å²) in [6, 6.07) is 3.50. The Balaban J connectivity index is 1.96. The summed E-state index contributed by atoms with van der Waals surface area (Å²) < 4.78 is 5.51. The van der Waals surface area contributed by atoms with Gasteiger partial charge in [-0.25, -0.2) is 0 Å². The number of carbonyl (C=O) groups is 1. The molecule has 1 amide bonds. The molecule has 2 N–H and O–H groups in total. The first kappa shape index (κ1) is 13.0. The van der Waals surface area contributed by atoms with Crippen LogP contribution in [0.3, 0.4) is 0 Å². The van der Waals surface area contributed by atoms with Crippen LogP contribution in [0.2, 0.25) is 0 Å². The van der Waals surface area contributed by atoms with E-state index < -0.39 is 0 Å². The van der Waals surface area contributed by atoms with Gasteiger partial charge in [-0.05, 0) is 31.9 Å². The van der Waals surface area contributed by atoms with Gasteiger partial charge < -0.3 is 15.2 Å². The SMILES string of the molecule is CC1CC[C@H](C(=O)Nc2ccnc(CCO)c2)O1. The zero-order chi connectivity index (χ0) is 13.0. The lowest BCUT2D eigenvalue weighted by atomic mass is 10.2. The van der Waals surface area contributed by atoms with Crippen molar-refractivity contribution in [3.63, 3.8) is 0 Å². The van der Waals surface area contributed by atoms with E-state index in [1.165, 1.54) is 0 Å². The van der Waals surface area contributed by atoms with Gasteiger partial charge in [-0.15, -0.1) is 0 Å². The van der Waals surface area contributed by atoms with Gasteiger partial charge in [0.2, 0.25) is 0 Å². The molecule has 0 aliphatic carbocycles. The van der Waals surface area contributed by atoms with Crippen molar-refractivity contribution in [1.82, 2.24) is 4.98 Å². The lowest BCUT2D eigenvalue weighted by molar-refractivity contribution is -0.126. The maximum atomic E-state index is 11.9. The third-order valence-electron chi connectivity index (χ3n) is 2.98. The summed E-state index contributed by atoms with van der Waals surface area (Å²) in [4.78, 5) is 16.0. The Labute approximate surface area is 106 Å². The van der Waals surface area contributed by atoms with Crippen molar-refractivity contribution in [2.45, 2.75) is 38.4 Å². The number of amides is 1. The molecule has 5 nitrogen and oxygen atoms in total. The van der Waals surface area contributed by atoms with Crippen molar-refractivity contribution < 1.29 is 14.6 Å². The molecule has 1 aliphatic heterocycles. The molecule has 1 aromatic heterocycles. The Bertz CT molecular complexity index is 422. The average Bonchev–Trinajstić information content (AvgIpc) is 2.77. The van der Waals surface area contributed by atoms with Crippen molar-refractivity contribution >= 4 is 11.6 Å². The van der Waals surface area contributed by atoms with Crippen molar-refractivity contribution in [2.24, 2.45) is 0 Å². The predicted molar refractivity (Wildman–Crippen MR) is 67.2 cm³/mol. The fourth-order valence-corrected chi connectivity index (χ4v) is 2.03. The van der Waals surface area contributed by atoms with E-state index in [0.29, 0.717) is 12.1 Å². The summed E-state index contributed by atoms with van der Waals surface area (Å²) in [5.41, 5.74) is 1.46. The number of carbonyl (C=O) groups excluding carboxylic acids is 1. The first-order valence-corrected chi connectivity index (χ1v) is 6.21. The summed E-state index contributed by atoms with van der Waals surface area (Å²) in [6.45, 7) is 2.02. The van der Waals surface area contributed by atoms with Crippen molar-refractivity contribution in [3.8, 4) is 0 Å². The van der Waals surface area contributed by atoms with Gasteiger partial charge in [-0.1, -0.05) is 0 Å². The van der Waals surface area contributed by atoms with Crippen LogP contribution < -0.4 is 5.32 Å². The second-order valence-electron chi connectivity index (χ2n) is 4.51. The van der Waals surface area contributed by atoms with Crippen LogP contribution in [0.15, 0.2) is 18.3 Å². The van der Waals surface area contributed by atoms with Gasteiger partial charge in [0.05, 0.1) is 6.10 Å². The number of nitrogens with zero attached hydrogens (tertiary/aromatic N) is 1. The Kier molecular flexibility index (Phi) is 4.28. The van der Waals surface area contributed by atoms with Crippen LogP contribution in [0, 0.1) is 0 Å². The van der Waals surface area contributed by atoms with E-state index >= 15 is 0 Å². The molecule has 1 aliphatic rings. The van der Waals surface area contributed by atoms with Gasteiger partial charge >= 0.3 is 0 Å². The number of nitrogens with one attached hydrogen (secondary N) is 1. The maximum Gasteiger partial charge on any atom is 0.253 e. The van der Waals surface area contributed by atoms with E-state index in [0.717, 1.165) is 18.5 Å². The summed E-state index contributed by atoms with van der Waals surface area (Å²) in [7, 11) is 0.